The van der Waals surface area contributed by atoms with E-state index in [-0.39, 0.29) is 0 Å². The van der Waals surface area contributed by atoms with Gasteiger partial charge in [-0.3, -0.25) is 4.90 Å². The van der Waals surface area contributed by atoms with Crippen LogP contribution in [0.15, 0.2) is 60.0 Å². The van der Waals surface area contributed by atoms with Crippen LogP contribution in [-0.4, -0.2) is 41.2 Å². The number of phenols is 1. The first-order valence-electron chi connectivity index (χ1n) is 8.54. The van der Waals surface area contributed by atoms with E-state index in [4.69, 9.17) is 4.98 Å². The minimum Gasteiger partial charge on any atom is -0.508 e. The third-order valence-corrected chi connectivity index (χ3v) is 5.42. The Morgan fingerprint density at radius 2 is 1.76 bits per heavy atom. The summed E-state index contributed by atoms with van der Waals surface area (Å²) < 4.78 is 0. The molecular formula is C20H21N3OS. The number of hydrogen-bond acceptors (Lipinski definition) is 5. The summed E-state index contributed by atoms with van der Waals surface area (Å²) in [6.45, 7) is 4.88. The predicted molar refractivity (Wildman–Crippen MR) is 103 cm³/mol. The summed E-state index contributed by atoms with van der Waals surface area (Å²) in [6, 6.07) is 17.9. The van der Waals surface area contributed by atoms with Crippen LogP contribution in [0.5, 0.6) is 5.75 Å². The molecule has 0 saturated carbocycles. The predicted octanol–water partition coefficient (Wildman–Crippen LogP) is 3.84. The number of anilines is 1. The Kier molecular flexibility index (Phi) is 4.68. The van der Waals surface area contributed by atoms with Gasteiger partial charge in [0.1, 0.15) is 5.75 Å². The Morgan fingerprint density at radius 1 is 0.960 bits per heavy atom. The first kappa shape index (κ1) is 16.1. The molecule has 0 atom stereocenters. The van der Waals surface area contributed by atoms with Gasteiger partial charge in [-0.05, 0) is 17.7 Å². The van der Waals surface area contributed by atoms with Crippen molar-refractivity contribution in [2.24, 2.45) is 0 Å². The Labute approximate surface area is 152 Å². The summed E-state index contributed by atoms with van der Waals surface area (Å²) in [6.07, 6.45) is 0. The van der Waals surface area contributed by atoms with E-state index in [9.17, 15) is 5.11 Å². The van der Waals surface area contributed by atoms with Crippen LogP contribution >= 0.6 is 11.3 Å². The number of thiazole rings is 1. The van der Waals surface area contributed by atoms with E-state index in [1.165, 1.54) is 5.56 Å². The standard InChI is InChI=1S/C20H21N3OS/c24-18-8-4-5-16(13-18)14-22-9-11-23(12-10-22)20-21-19(15-25-20)17-6-2-1-3-7-17/h1-8,13,15,24H,9-12,14H2. The second-order valence-electron chi connectivity index (χ2n) is 6.31. The topological polar surface area (TPSA) is 39.6 Å². The van der Waals surface area contributed by atoms with Crippen LogP contribution in [0.2, 0.25) is 0 Å². The lowest BCUT2D eigenvalue weighted by atomic mass is 10.2. The van der Waals surface area contributed by atoms with Crippen molar-refractivity contribution in [2.45, 2.75) is 6.54 Å². The number of aromatic nitrogens is 1. The number of hydrogen-bond donors (Lipinski definition) is 1. The molecule has 0 bridgehead atoms. The van der Waals surface area contributed by atoms with Gasteiger partial charge < -0.3 is 10.0 Å². The summed E-state index contributed by atoms with van der Waals surface area (Å²) >= 11 is 1.72. The molecule has 5 heteroatoms. The van der Waals surface area contributed by atoms with Crippen molar-refractivity contribution < 1.29 is 5.11 Å². The third kappa shape index (κ3) is 3.83. The summed E-state index contributed by atoms with van der Waals surface area (Å²) in [5, 5.41) is 12.8. The monoisotopic (exact) mass is 351 g/mol. The van der Waals surface area contributed by atoms with Gasteiger partial charge in [0.2, 0.25) is 0 Å². The number of phenolic OH excluding ortho intramolecular Hbond substituents is 1. The average Bonchev–Trinajstić information content (AvgIpc) is 3.13. The normalized spacial score (nSPS) is 15.4. The molecule has 1 aromatic heterocycles. The molecule has 1 N–H and O–H groups in total. The van der Waals surface area contributed by atoms with Gasteiger partial charge in [0.05, 0.1) is 5.69 Å². The fourth-order valence-electron chi connectivity index (χ4n) is 3.16. The molecule has 0 radical (unpaired) electrons. The molecule has 1 saturated heterocycles. The maximum absolute atomic E-state index is 9.60. The van der Waals surface area contributed by atoms with Crippen molar-refractivity contribution in [3.63, 3.8) is 0 Å². The highest BCUT2D eigenvalue weighted by atomic mass is 32.1. The van der Waals surface area contributed by atoms with Gasteiger partial charge in [-0.15, -0.1) is 11.3 Å². The van der Waals surface area contributed by atoms with Crippen LogP contribution in [0.3, 0.4) is 0 Å². The molecule has 0 spiro atoms. The minimum atomic E-state index is 0.340. The molecule has 1 aliphatic heterocycles. The zero-order chi connectivity index (χ0) is 17.1. The molecule has 2 aromatic carbocycles. The van der Waals surface area contributed by atoms with E-state index in [2.05, 4.69) is 45.5 Å². The summed E-state index contributed by atoms with van der Waals surface area (Å²) in [5.41, 5.74) is 3.39. The molecule has 2 heterocycles. The summed E-state index contributed by atoms with van der Waals surface area (Å²) in [4.78, 5) is 9.62. The quantitative estimate of drug-likeness (QED) is 0.775. The van der Waals surface area contributed by atoms with Crippen LogP contribution in [0, 0.1) is 0 Å². The van der Waals surface area contributed by atoms with Crippen molar-refractivity contribution in [3.05, 3.63) is 65.5 Å². The van der Waals surface area contributed by atoms with Crippen LogP contribution in [-0.2, 0) is 6.54 Å². The fourth-order valence-corrected chi connectivity index (χ4v) is 4.05. The van der Waals surface area contributed by atoms with Gasteiger partial charge in [-0.25, -0.2) is 4.98 Å². The van der Waals surface area contributed by atoms with Crippen LogP contribution in [0.4, 0.5) is 5.13 Å². The zero-order valence-electron chi connectivity index (χ0n) is 14.0. The highest BCUT2D eigenvalue weighted by Gasteiger charge is 2.19. The van der Waals surface area contributed by atoms with Crippen molar-refractivity contribution >= 4 is 16.5 Å². The van der Waals surface area contributed by atoms with Crippen molar-refractivity contribution in [2.75, 3.05) is 31.1 Å². The van der Waals surface area contributed by atoms with Crippen LogP contribution in [0.1, 0.15) is 5.56 Å². The van der Waals surface area contributed by atoms with Gasteiger partial charge >= 0.3 is 0 Å². The lowest BCUT2D eigenvalue weighted by Crippen LogP contribution is -2.45. The fraction of sp³-hybridized carbons (Fsp3) is 0.250. The highest BCUT2D eigenvalue weighted by molar-refractivity contribution is 7.14. The smallest absolute Gasteiger partial charge is 0.185 e. The minimum absolute atomic E-state index is 0.340. The maximum atomic E-state index is 9.60. The van der Waals surface area contributed by atoms with Crippen molar-refractivity contribution in [1.29, 1.82) is 0 Å². The molecule has 25 heavy (non-hydrogen) atoms. The van der Waals surface area contributed by atoms with Gasteiger partial charge in [0.25, 0.3) is 0 Å². The molecule has 1 fully saturated rings. The van der Waals surface area contributed by atoms with E-state index in [1.54, 1.807) is 17.4 Å². The Balaban J connectivity index is 1.37. The number of rotatable bonds is 4. The SMILES string of the molecule is Oc1cccc(CN2CCN(c3nc(-c4ccccc4)cs3)CC2)c1. The van der Waals surface area contributed by atoms with Crippen molar-refractivity contribution in [1.82, 2.24) is 9.88 Å². The molecule has 4 nitrogen and oxygen atoms in total. The van der Waals surface area contributed by atoms with Crippen LogP contribution < -0.4 is 4.90 Å². The van der Waals surface area contributed by atoms with Crippen molar-refractivity contribution in [3.8, 4) is 17.0 Å². The molecule has 0 aliphatic carbocycles. The van der Waals surface area contributed by atoms with E-state index in [1.807, 2.05) is 18.2 Å². The lowest BCUT2D eigenvalue weighted by molar-refractivity contribution is 0.249. The second-order valence-corrected chi connectivity index (χ2v) is 7.15. The van der Waals surface area contributed by atoms with Gasteiger partial charge in [-0.2, -0.15) is 0 Å². The molecule has 0 amide bonds. The number of piperazine rings is 1. The molecule has 1 aliphatic rings. The Morgan fingerprint density at radius 3 is 2.52 bits per heavy atom. The lowest BCUT2D eigenvalue weighted by Gasteiger charge is -2.34. The zero-order valence-corrected chi connectivity index (χ0v) is 14.8. The van der Waals surface area contributed by atoms with Gasteiger partial charge in [0.15, 0.2) is 5.13 Å². The number of aromatic hydroxyl groups is 1. The molecule has 4 rings (SSSR count). The largest absolute Gasteiger partial charge is 0.508 e. The van der Waals surface area contributed by atoms with E-state index >= 15 is 0 Å². The Hall–Kier alpha value is -2.37. The first-order chi connectivity index (χ1) is 12.3. The average molecular weight is 351 g/mol. The van der Waals surface area contributed by atoms with Crippen LogP contribution in [0.25, 0.3) is 11.3 Å². The van der Waals surface area contributed by atoms with E-state index < -0.39 is 0 Å². The summed E-state index contributed by atoms with van der Waals surface area (Å²) in [5.74, 6) is 0.340. The second kappa shape index (κ2) is 7.25. The molecule has 3 aromatic rings. The maximum Gasteiger partial charge on any atom is 0.185 e. The third-order valence-electron chi connectivity index (χ3n) is 4.52. The molecule has 128 valence electrons. The van der Waals surface area contributed by atoms with E-state index in [0.29, 0.717) is 5.75 Å². The highest BCUT2D eigenvalue weighted by Crippen LogP contribution is 2.28. The van der Waals surface area contributed by atoms with Gasteiger partial charge in [-0.1, -0.05) is 42.5 Å². The molecule has 0 unspecified atom stereocenters. The van der Waals surface area contributed by atoms with Gasteiger partial charge in [0, 0.05) is 43.7 Å². The van der Waals surface area contributed by atoms with E-state index in [0.717, 1.165) is 49.1 Å². The summed E-state index contributed by atoms with van der Waals surface area (Å²) in [7, 11) is 0. The molecular weight excluding hydrogens is 330 g/mol. The number of nitrogens with zero attached hydrogens (tertiary/aromatic N) is 3. The Bertz CT molecular complexity index is 826. The number of benzene rings is 2. The first-order valence-corrected chi connectivity index (χ1v) is 9.42.